The molecule has 0 radical (unpaired) electrons. The molecule has 254 valence electrons. The molecule has 1 unspecified atom stereocenters. The lowest BCUT2D eigenvalue weighted by molar-refractivity contribution is 0.350. The highest BCUT2D eigenvalue weighted by Gasteiger charge is 2.28. The molecule has 1 saturated carbocycles. The average molecular weight is 677 g/mol. The van der Waals surface area contributed by atoms with E-state index in [0.29, 0.717) is 12.0 Å². The fourth-order valence-corrected chi connectivity index (χ4v) is 9.60. The van der Waals surface area contributed by atoms with E-state index < -0.39 is 0 Å². The molecular formula is C47H40N4O. The first kappa shape index (κ1) is 30.0. The van der Waals surface area contributed by atoms with Gasteiger partial charge in [0.15, 0.2) is 5.58 Å². The Balaban J connectivity index is 1.01. The number of aromatic nitrogens is 4. The Kier molecular flexibility index (Phi) is 6.73. The lowest BCUT2D eigenvalue weighted by Crippen LogP contribution is -2.17. The monoisotopic (exact) mass is 676 g/mol. The van der Waals surface area contributed by atoms with Gasteiger partial charge in [0.2, 0.25) is 0 Å². The molecule has 0 spiro atoms. The molecule has 8 aromatic rings. The minimum Gasteiger partial charge on any atom is -0.456 e. The summed E-state index contributed by atoms with van der Waals surface area (Å²) in [7, 11) is 0. The van der Waals surface area contributed by atoms with Crippen LogP contribution in [0, 0.1) is 0 Å². The number of allylic oxidation sites excluding steroid dienone is 2. The van der Waals surface area contributed by atoms with Crippen molar-refractivity contribution in [3.8, 4) is 28.1 Å². The number of furan rings is 1. The van der Waals surface area contributed by atoms with Gasteiger partial charge in [0.05, 0.1) is 11.0 Å². The third kappa shape index (κ3) is 4.48. The third-order valence-corrected chi connectivity index (χ3v) is 12.1. The first-order valence-corrected chi connectivity index (χ1v) is 19.1. The molecule has 3 aliphatic rings. The van der Waals surface area contributed by atoms with Crippen LogP contribution in [0.1, 0.15) is 86.4 Å². The van der Waals surface area contributed by atoms with Gasteiger partial charge in [-0.2, -0.15) is 0 Å². The first-order valence-electron chi connectivity index (χ1n) is 19.1. The molecule has 3 aliphatic carbocycles. The number of benzene rings is 4. The van der Waals surface area contributed by atoms with Gasteiger partial charge in [-0.1, -0.05) is 93.0 Å². The lowest BCUT2D eigenvalue weighted by Gasteiger charge is -2.29. The highest BCUT2D eigenvalue weighted by molar-refractivity contribution is 6.11. The van der Waals surface area contributed by atoms with Crippen LogP contribution < -0.4 is 0 Å². The predicted octanol–water partition coefficient (Wildman–Crippen LogP) is 12.6. The Morgan fingerprint density at radius 3 is 2.31 bits per heavy atom. The fourth-order valence-electron chi connectivity index (χ4n) is 9.60. The molecule has 1 atom stereocenters. The summed E-state index contributed by atoms with van der Waals surface area (Å²) in [5, 5.41) is 3.92. The summed E-state index contributed by atoms with van der Waals surface area (Å²) in [4.78, 5) is 9.27. The van der Waals surface area contributed by atoms with Gasteiger partial charge in [0.1, 0.15) is 23.3 Å². The molecule has 5 nitrogen and oxygen atoms in total. The van der Waals surface area contributed by atoms with Gasteiger partial charge in [-0.15, -0.1) is 0 Å². The van der Waals surface area contributed by atoms with Crippen LogP contribution in [0.2, 0.25) is 0 Å². The van der Waals surface area contributed by atoms with Gasteiger partial charge >= 0.3 is 0 Å². The van der Waals surface area contributed by atoms with E-state index in [1.165, 1.54) is 81.5 Å². The van der Waals surface area contributed by atoms with Crippen LogP contribution in [0.15, 0.2) is 108 Å². The lowest BCUT2D eigenvalue weighted by atomic mass is 9.91. The second-order valence-corrected chi connectivity index (χ2v) is 15.1. The zero-order valence-corrected chi connectivity index (χ0v) is 29.5. The van der Waals surface area contributed by atoms with Crippen LogP contribution in [0.25, 0.3) is 84.0 Å². The Morgan fingerprint density at radius 2 is 1.44 bits per heavy atom. The smallest absolute Gasteiger partial charge is 0.179 e. The van der Waals surface area contributed by atoms with Crippen molar-refractivity contribution in [3.63, 3.8) is 0 Å². The molecule has 4 heterocycles. The van der Waals surface area contributed by atoms with Crippen molar-refractivity contribution < 1.29 is 4.42 Å². The molecule has 4 aromatic heterocycles. The van der Waals surface area contributed by atoms with Gasteiger partial charge < -0.3 is 13.6 Å². The van der Waals surface area contributed by atoms with Crippen LogP contribution in [0.3, 0.4) is 0 Å². The maximum absolute atomic E-state index is 6.34. The number of hydrogen-bond acceptors (Lipinski definition) is 3. The van der Waals surface area contributed by atoms with Gasteiger partial charge in [-0.3, -0.25) is 0 Å². The van der Waals surface area contributed by atoms with Gasteiger partial charge in [0, 0.05) is 68.1 Å². The number of rotatable bonds is 4. The molecule has 0 bridgehead atoms. The van der Waals surface area contributed by atoms with Gasteiger partial charge in [-0.05, 0) is 79.3 Å². The topological polar surface area (TPSA) is 48.8 Å². The minimum absolute atomic E-state index is 0.545. The summed E-state index contributed by atoms with van der Waals surface area (Å²) in [5.41, 5.74) is 15.1. The van der Waals surface area contributed by atoms with E-state index in [2.05, 4.69) is 135 Å². The Morgan fingerprint density at radius 1 is 0.692 bits per heavy atom. The first-order chi connectivity index (χ1) is 25.7. The van der Waals surface area contributed by atoms with Crippen LogP contribution in [0.4, 0.5) is 0 Å². The van der Waals surface area contributed by atoms with Gasteiger partial charge in [-0.25, -0.2) is 9.97 Å². The highest BCUT2D eigenvalue weighted by Crippen LogP contribution is 2.44. The van der Waals surface area contributed by atoms with Gasteiger partial charge in [0.25, 0.3) is 0 Å². The zero-order chi connectivity index (χ0) is 34.3. The molecule has 0 amide bonds. The van der Waals surface area contributed by atoms with Crippen LogP contribution >= 0.6 is 0 Å². The van der Waals surface area contributed by atoms with E-state index in [-0.39, 0.29) is 0 Å². The fraction of sp³-hybridized carbons (Fsp3) is 0.234. The maximum Gasteiger partial charge on any atom is 0.179 e. The van der Waals surface area contributed by atoms with Crippen molar-refractivity contribution in [2.45, 2.75) is 70.3 Å². The maximum atomic E-state index is 6.34. The Hall–Kier alpha value is -5.68. The van der Waals surface area contributed by atoms with E-state index >= 15 is 0 Å². The van der Waals surface area contributed by atoms with Crippen molar-refractivity contribution >= 4 is 56.0 Å². The summed E-state index contributed by atoms with van der Waals surface area (Å²) in [6.07, 6.45) is 20.4. The number of para-hydroxylation sites is 1. The second-order valence-electron chi connectivity index (χ2n) is 15.1. The summed E-state index contributed by atoms with van der Waals surface area (Å²) < 4.78 is 11.5. The van der Waals surface area contributed by atoms with Crippen molar-refractivity contribution in [1.29, 1.82) is 0 Å². The second kappa shape index (κ2) is 11.7. The SMILES string of the molecule is CC1CC=Cc2c1n(C1CCCCC1)c1ccc(-c3ccc4c(c3)c3ccccc3n4-c3ccc(-c4ncnc5c6c(oc45)CCC=C6)cc3)cc21. The zero-order valence-electron chi connectivity index (χ0n) is 29.5. The normalized spacial score (nSPS) is 17.4. The summed E-state index contributed by atoms with van der Waals surface area (Å²) in [5.74, 6) is 1.55. The molecule has 0 N–H and O–H groups in total. The number of aryl methyl sites for hydroxylation is 1. The molecule has 52 heavy (non-hydrogen) atoms. The molecule has 0 aliphatic heterocycles. The Labute approximate surface area is 302 Å². The van der Waals surface area contributed by atoms with Crippen LogP contribution in [-0.4, -0.2) is 19.1 Å². The Bertz CT molecular complexity index is 2760. The number of hydrogen-bond donors (Lipinski definition) is 0. The van der Waals surface area contributed by atoms with Crippen LogP contribution in [0.5, 0.6) is 0 Å². The average Bonchev–Trinajstić information content (AvgIpc) is 3.86. The third-order valence-electron chi connectivity index (χ3n) is 12.1. The standard InChI is InChI=1S/C47H40N4O/c1-29-10-9-15-36-39-27-32(21-25-42(39)51(46(29)36)33-11-3-2-4-12-33)31-20-24-41-38(26-31)35-13-5-7-16-40(35)50(41)34-22-18-30(19-23-34)44-47-45(49-28-48-44)37-14-6-8-17-43(37)52-47/h5-7,9,13-16,18-29,33H,2-4,8,10-12,17H2,1H3. The van der Waals surface area contributed by atoms with Crippen molar-refractivity contribution in [1.82, 2.24) is 19.1 Å². The van der Waals surface area contributed by atoms with Crippen molar-refractivity contribution in [2.75, 3.05) is 0 Å². The van der Waals surface area contributed by atoms with Crippen molar-refractivity contribution in [3.05, 3.63) is 126 Å². The summed E-state index contributed by atoms with van der Waals surface area (Å²) >= 11 is 0. The van der Waals surface area contributed by atoms with E-state index in [4.69, 9.17) is 4.42 Å². The summed E-state index contributed by atoms with van der Waals surface area (Å²) in [6, 6.07) is 32.4. The molecule has 1 fully saturated rings. The van der Waals surface area contributed by atoms with E-state index in [1.54, 1.807) is 12.0 Å². The predicted molar refractivity (Wildman–Crippen MR) is 214 cm³/mol. The number of fused-ring (bicyclic) bond motifs is 9. The molecule has 4 aromatic carbocycles. The molecular weight excluding hydrogens is 637 g/mol. The van der Waals surface area contributed by atoms with Crippen molar-refractivity contribution in [2.24, 2.45) is 0 Å². The molecule has 11 rings (SSSR count). The molecule has 5 heteroatoms. The highest BCUT2D eigenvalue weighted by atomic mass is 16.3. The minimum atomic E-state index is 0.545. The van der Waals surface area contributed by atoms with E-state index in [1.807, 2.05) is 0 Å². The van der Waals surface area contributed by atoms with E-state index in [9.17, 15) is 0 Å². The summed E-state index contributed by atoms with van der Waals surface area (Å²) in [6.45, 7) is 2.41. The molecule has 0 saturated heterocycles. The largest absolute Gasteiger partial charge is 0.456 e. The van der Waals surface area contributed by atoms with E-state index in [0.717, 1.165) is 58.6 Å². The number of nitrogens with zero attached hydrogens (tertiary/aromatic N) is 4. The van der Waals surface area contributed by atoms with Crippen LogP contribution in [-0.2, 0) is 6.42 Å². The quantitative estimate of drug-likeness (QED) is 0.186.